The maximum atomic E-state index is 5.97. The Balaban J connectivity index is 1.89. The van der Waals surface area contributed by atoms with Gasteiger partial charge in [-0.25, -0.2) is 0 Å². The van der Waals surface area contributed by atoms with Crippen LogP contribution in [0.4, 0.5) is 11.4 Å². The maximum Gasteiger partial charge on any atom is 0.121 e. The Morgan fingerprint density at radius 2 is 2.00 bits per heavy atom. The highest BCUT2D eigenvalue weighted by atomic mass is 16.5. The van der Waals surface area contributed by atoms with Gasteiger partial charge < -0.3 is 15.4 Å². The fraction of sp³-hybridized carbons (Fsp3) is 0.333. The van der Waals surface area contributed by atoms with Gasteiger partial charge in [0.15, 0.2) is 0 Å². The lowest BCUT2D eigenvalue weighted by molar-refractivity contribution is 0.414. The fourth-order valence-corrected chi connectivity index (χ4v) is 3.05. The summed E-state index contributed by atoms with van der Waals surface area (Å²) in [6.07, 6.45) is 3.66. The van der Waals surface area contributed by atoms with Crippen molar-refractivity contribution in [2.45, 2.75) is 25.8 Å². The highest BCUT2D eigenvalue weighted by molar-refractivity contribution is 5.56. The molecule has 0 bridgehead atoms. The molecule has 21 heavy (non-hydrogen) atoms. The summed E-state index contributed by atoms with van der Waals surface area (Å²) in [7, 11) is 1.68. The standard InChI is InChI=1S/C18H22N2O/c1-21-17-11-14(10-16(19)12-17)13-20-9-5-4-7-15-6-2-3-8-18(15)20/h2-3,6,8,10-12H,4-5,7,9,13,19H2,1H3. The van der Waals surface area contributed by atoms with Gasteiger partial charge in [-0.15, -0.1) is 0 Å². The lowest BCUT2D eigenvalue weighted by Crippen LogP contribution is -2.23. The minimum atomic E-state index is 0.757. The Hall–Kier alpha value is -2.16. The van der Waals surface area contributed by atoms with E-state index in [2.05, 4.69) is 35.2 Å². The summed E-state index contributed by atoms with van der Waals surface area (Å²) in [6, 6.07) is 14.7. The van der Waals surface area contributed by atoms with E-state index in [-0.39, 0.29) is 0 Å². The summed E-state index contributed by atoms with van der Waals surface area (Å²) in [5, 5.41) is 0. The van der Waals surface area contributed by atoms with E-state index in [0.29, 0.717) is 0 Å². The molecule has 2 aromatic rings. The first-order valence-electron chi connectivity index (χ1n) is 7.52. The molecule has 1 aliphatic rings. The van der Waals surface area contributed by atoms with Crippen molar-refractivity contribution in [3.63, 3.8) is 0 Å². The van der Waals surface area contributed by atoms with Crippen molar-refractivity contribution in [1.82, 2.24) is 0 Å². The Morgan fingerprint density at radius 1 is 1.14 bits per heavy atom. The van der Waals surface area contributed by atoms with E-state index in [4.69, 9.17) is 10.5 Å². The molecule has 110 valence electrons. The number of anilines is 2. The van der Waals surface area contributed by atoms with Crippen LogP contribution in [-0.2, 0) is 13.0 Å². The van der Waals surface area contributed by atoms with Crippen LogP contribution in [0.3, 0.4) is 0 Å². The average molecular weight is 282 g/mol. The molecule has 3 rings (SSSR count). The molecule has 0 aromatic heterocycles. The van der Waals surface area contributed by atoms with Crippen LogP contribution < -0.4 is 15.4 Å². The number of hydrogen-bond donors (Lipinski definition) is 1. The van der Waals surface area contributed by atoms with E-state index >= 15 is 0 Å². The molecule has 0 saturated carbocycles. The first kappa shape index (κ1) is 13.8. The van der Waals surface area contributed by atoms with Crippen molar-refractivity contribution in [1.29, 1.82) is 0 Å². The van der Waals surface area contributed by atoms with Gasteiger partial charge in [-0.05, 0) is 48.6 Å². The number of benzene rings is 2. The van der Waals surface area contributed by atoms with Crippen LogP contribution in [-0.4, -0.2) is 13.7 Å². The van der Waals surface area contributed by atoms with Crippen LogP contribution in [0.25, 0.3) is 0 Å². The van der Waals surface area contributed by atoms with Crippen LogP contribution in [0.15, 0.2) is 42.5 Å². The number of nitrogen functional groups attached to an aromatic ring is 1. The fourth-order valence-electron chi connectivity index (χ4n) is 3.05. The number of nitrogens with zero attached hydrogens (tertiary/aromatic N) is 1. The van der Waals surface area contributed by atoms with Gasteiger partial charge in [0.25, 0.3) is 0 Å². The molecule has 2 aromatic carbocycles. The quantitative estimate of drug-likeness (QED) is 0.874. The van der Waals surface area contributed by atoms with Gasteiger partial charge in [0.1, 0.15) is 5.75 Å². The highest BCUT2D eigenvalue weighted by Gasteiger charge is 2.15. The third-order valence-corrected chi connectivity index (χ3v) is 4.05. The summed E-state index contributed by atoms with van der Waals surface area (Å²) in [4.78, 5) is 2.45. The number of nitrogens with two attached hydrogens (primary N) is 1. The predicted octanol–water partition coefficient (Wildman–Crippen LogP) is 3.62. The molecule has 1 aliphatic heterocycles. The van der Waals surface area contributed by atoms with Crippen molar-refractivity contribution in [2.24, 2.45) is 0 Å². The third-order valence-electron chi connectivity index (χ3n) is 4.05. The zero-order chi connectivity index (χ0) is 14.7. The van der Waals surface area contributed by atoms with Crippen molar-refractivity contribution < 1.29 is 4.74 Å². The van der Waals surface area contributed by atoms with Crippen LogP contribution in [0.2, 0.25) is 0 Å². The minimum absolute atomic E-state index is 0.757. The van der Waals surface area contributed by atoms with E-state index in [0.717, 1.165) is 24.5 Å². The molecule has 0 unspecified atom stereocenters. The van der Waals surface area contributed by atoms with E-state index in [1.165, 1.54) is 36.1 Å². The van der Waals surface area contributed by atoms with Gasteiger partial charge in [0, 0.05) is 30.5 Å². The number of ether oxygens (including phenoxy) is 1. The van der Waals surface area contributed by atoms with Crippen molar-refractivity contribution in [3.8, 4) is 5.75 Å². The van der Waals surface area contributed by atoms with Crippen LogP contribution >= 0.6 is 0 Å². The van der Waals surface area contributed by atoms with E-state index in [9.17, 15) is 0 Å². The SMILES string of the molecule is COc1cc(N)cc(CN2CCCCc3ccccc32)c1. The average Bonchev–Trinajstić information content (AvgIpc) is 2.69. The zero-order valence-corrected chi connectivity index (χ0v) is 12.5. The van der Waals surface area contributed by atoms with Crippen molar-refractivity contribution in [2.75, 3.05) is 24.3 Å². The molecule has 0 aliphatic carbocycles. The van der Waals surface area contributed by atoms with Crippen LogP contribution in [0.1, 0.15) is 24.0 Å². The molecule has 3 heteroatoms. The first-order valence-corrected chi connectivity index (χ1v) is 7.52. The van der Waals surface area contributed by atoms with Gasteiger partial charge in [0.05, 0.1) is 7.11 Å². The molecule has 0 saturated heterocycles. The zero-order valence-electron chi connectivity index (χ0n) is 12.5. The minimum Gasteiger partial charge on any atom is -0.497 e. The van der Waals surface area contributed by atoms with Gasteiger partial charge in [-0.1, -0.05) is 18.2 Å². The van der Waals surface area contributed by atoms with Crippen molar-refractivity contribution in [3.05, 3.63) is 53.6 Å². The van der Waals surface area contributed by atoms with Crippen LogP contribution in [0.5, 0.6) is 5.75 Å². The molecule has 0 amide bonds. The lowest BCUT2D eigenvalue weighted by Gasteiger charge is -2.25. The summed E-state index contributed by atoms with van der Waals surface area (Å²) < 4.78 is 5.32. The molecule has 0 spiro atoms. The Labute approximate surface area is 126 Å². The second kappa shape index (κ2) is 6.08. The largest absolute Gasteiger partial charge is 0.497 e. The predicted molar refractivity (Wildman–Crippen MR) is 87.8 cm³/mol. The maximum absolute atomic E-state index is 5.97. The van der Waals surface area contributed by atoms with E-state index < -0.39 is 0 Å². The third kappa shape index (κ3) is 3.13. The normalized spacial score (nSPS) is 14.4. The summed E-state index contributed by atoms with van der Waals surface area (Å²) >= 11 is 0. The second-order valence-corrected chi connectivity index (χ2v) is 5.62. The topological polar surface area (TPSA) is 38.5 Å². The molecule has 3 nitrogen and oxygen atoms in total. The van der Waals surface area contributed by atoms with Gasteiger partial charge in [-0.2, -0.15) is 0 Å². The number of rotatable bonds is 3. The summed E-state index contributed by atoms with van der Waals surface area (Å²) in [6.45, 7) is 1.96. The Bertz CT molecular complexity index is 624. The number of para-hydroxylation sites is 1. The highest BCUT2D eigenvalue weighted by Crippen LogP contribution is 2.28. The van der Waals surface area contributed by atoms with E-state index in [1.54, 1.807) is 7.11 Å². The smallest absolute Gasteiger partial charge is 0.121 e. The number of hydrogen-bond acceptors (Lipinski definition) is 3. The number of methoxy groups -OCH3 is 1. The Kier molecular flexibility index (Phi) is 4.00. The van der Waals surface area contributed by atoms with Gasteiger partial charge in [0.2, 0.25) is 0 Å². The molecular formula is C18H22N2O. The molecule has 0 fully saturated rings. The molecule has 0 radical (unpaired) electrons. The number of aryl methyl sites for hydroxylation is 1. The molecule has 1 heterocycles. The molecule has 2 N–H and O–H groups in total. The second-order valence-electron chi connectivity index (χ2n) is 5.62. The van der Waals surface area contributed by atoms with Crippen LogP contribution in [0, 0.1) is 0 Å². The Morgan fingerprint density at radius 3 is 2.86 bits per heavy atom. The molecular weight excluding hydrogens is 260 g/mol. The number of fused-ring (bicyclic) bond motifs is 1. The monoisotopic (exact) mass is 282 g/mol. The molecule has 0 atom stereocenters. The lowest BCUT2D eigenvalue weighted by atomic mass is 10.1. The van der Waals surface area contributed by atoms with Gasteiger partial charge in [-0.3, -0.25) is 0 Å². The first-order chi connectivity index (χ1) is 10.3. The van der Waals surface area contributed by atoms with Gasteiger partial charge >= 0.3 is 0 Å². The van der Waals surface area contributed by atoms with Crippen molar-refractivity contribution >= 4 is 11.4 Å². The van der Waals surface area contributed by atoms with E-state index in [1.807, 2.05) is 12.1 Å². The summed E-state index contributed by atoms with van der Waals surface area (Å²) in [5.41, 5.74) is 10.7. The summed E-state index contributed by atoms with van der Waals surface area (Å²) in [5.74, 6) is 0.827.